The van der Waals surface area contributed by atoms with Crippen molar-refractivity contribution in [2.75, 3.05) is 164 Å². The number of hydrogen-bond donors (Lipinski definition) is 0. The number of carbonyl (C=O) groups is 3. The minimum absolute atomic E-state index is 0.0146. The van der Waals surface area contributed by atoms with E-state index in [1.165, 1.54) is 40.8 Å². The molecule has 0 bridgehead atoms. The van der Waals surface area contributed by atoms with Crippen molar-refractivity contribution in [3.63, 3.8) is 0 Å². The van der Waals surface area contributed by atoms with Crippen molar-refractivity contribution in [1.29, 1.82) is 15.8 Å². The molecule has 3 amide bonds. The van der Waals surface area contributed by atoms with Crippen molar-refractivity contribution in [2.45, 2.75) is 166 Å². The lowest BCUT2D eigenvalue weighted by Crippen LogP contribution is -2.55. The Morgan fingerprint density at radius 3 is 1.67 bits per heavy atom. The number of anilines is 5. The molecule has 6 fully saturated rings. The molecular weight excluding hydrogens is 1650 g/mol. The predicted molar refractivity (Wildman–Crippen MR) is 504 cm³/mol. The number of ether oxygens (including phenoxy) is 3. The van der Waals surface area contributed by atoms with E-state index < -0.39 is 6.04 Å². The molecule has 131 heavy (non-hydrogen) atoms. The molecular formula is C102H119F2N21O6. The SMILES string of the molecule is C=CC(=O)N1CCN(c2nc(COC[C@@H]3CC(/C(C)=C/c4c(F)cccc4C(=C)N4CCCc5c(nc(OC[C@@H]6CCCN6C)nc5N5CCN(C(=O)C=C)[C@@H](CC#N)C5)C4)CN3C)nc3c2CCCN(c2cc(C4C[C@@H](COc5nc6c(c(N7CCN(C(=O)C=C)[C@@H](CC#N)C7)n5)CCCN(c5c(F)ccc7ccccc57)C6)N(C)C4)cc4c(C)cccc24)C3)C[C@@H]1CC#N. The Morgan fingerprint density at radius 2 is 1.06 bits per heavy atom. The number of halogens is 2. The quantitative estimate of drug-likeness (QED) is 0.0456. The zero-order valence-corrected chi connectivity index (χ0v) is 76.2. The van der Waals surface area contributed by atoms with Crippen LogP contribution in [0.3, 0.4) is 0 Å². The number of nitriles is 3. The number of carbonyl (C=O) groups excluding carboxylic acids is 3. The van der Waals surface area contributed by atoms with Crippen molar-refractivity contribution in [3.05, 3.63) is 209 Å². The highest BCUT2D eigenvalue weighted by atomic mass is 19.1. The van der Waals surface area contributed by atoms with Gasteiger partial charge in [-0.05, 0) is 176 Å². The van der Waals surface area contributed by atoms with Gasteiger partial charge in [-0.1, -0.05) is 105 Å². The number of aromatic nitrogens is 6. The Kier molecular flexibility index (Phi) is 27.7. The van der Waals surface area contributed by atoms with Crippen LogP contribution in [0.15, 0.2) is 135 Å². The molecule has 0 saturated carbocycles. The number of fused-ring (bicyclic) bond motifs is 5. The van der Waals surface area contributed by atoms with E-state index in [1.54, 1.807) is 26.8 Å². The number of aryl methyl sites for hydroxylation is 1. The molecule has 9 aliphatic rings. The summed E-state index contributed by atoms with van der Waals surface area (Å²) in [5.74, 6) is 1.73. The summed E-state index contributed by atoms with van der Waals surface area (Å²) in [5, 5.41) is 34.3. The van der Waals surface area contributed by atoms with Crippen LogP contribution in [0.2, 0.25) is 0 Å². The lowest BCUT2D eigenvalue weighted by atomic mass is 9.91. The molecule has 27 nitrogen and oxygen atoms in total. The highest BCUT2D eigenvalue weighted by molar-refractivity contribution is 5.98. The first-order valence-electron chi connectivity index (χ1n) is 46.6. The summed E-state index contributed by atoms with van der Waals surface area (Å²) in [7, 11) is 6.38. The van der Waals surface area contributed by atoms with Crippen LogP contribution in [0, 0.1) is 58.5 Å². The average Bonchev–Trinajstić information content (AvgIpc) is 1.73. The van der Waals surface area contributed by atoms with Crippen molar-refractivity contribution in [2.24, 2.45) is 5.92 Å². The Balaban J connectivity index is 0.606. The molecule has 2 unspecified atom stereocenters. The van der Waals surface area contributed by atoms with Crippen molar-refractivity contribution >= 4 is 79.9 Å². The fourth-order valence-corrected chi connectivity index (χ4v) is 21.6. The molecule has 0 radical (unpaired) electrons. The highest BCUT2D eigenvalue weighted by Crippen LogP contribution is 2.44. The fourth-order valence-electron chi connectivity index (χ4n) is 21.6. The molecule has 0 N–H and O–H groups in total. The van der Waals surface area contributed by atoms with Crippen LogP contribution in [0.4, 0.5) is 37.6 Å². The van der Waals surface area contributed by atoms with Gasteiger partial charge in [0.2, 0.25) is 17.7 Å². The minimum atomic E-state index is -0.392. The maximum absolute atomic E-state index is 16.8. The first kappa shape index (κ1) is 90.5. The number of hydrogen-bond acceptors (Lipinski definition) is 24. The third kappa shape index (κ3) is 19.2. The second kappa shape index (κ2) is 40.1. The van der Waals surface area contributed by atoms with Gasteiger partial charge in [-0.2, -0.15) is 35.7 Å². The molecule has 8 aromatic rings. The molecule has 0 aliphatic carbocycles. The summed E-state index contributed by atoms with van der Waals surface area (Å²) in [6.45, 7) is 31.0. The predicted octanol–water partition coefficient (Wildman–Crippen LogP) is 12.9. The number of likely N-dealkylation sites (N-methyl/N-ethyl adjacent to an activating group) is 3. The van der Waals surface area contributed by atoms with E-state index in [-0.39, 0.29) is 109 Å². The zero-order chi connectivity index (χ0) is 91.3. The molecule has 0 spiro atoms. The summed E-state index contributed by atoms with van der Waals surface area (Å²) in [5.41, 5.74) is 12.4. The maximum atomic E-state index is 16.8. The molecule has 682 valence electrons. The van der Waals surface area contributed by atoms with Gasteiger partial charge in [0, 0.05) is 160 Å². The number of piperazine rings is 3. The molecule has 12 heterocycles. The van der Waals surface area contributed by atoms with E-state index in [0.717, 1.165) is 138 Å². The maximum Gasteiger partial charge on any atom is 0.318 e. The second-order valence-corrected chi connectivity index (χ2v) is 36.9. The highest BCUT2D eigenvalue weighted by Gasteiger charge is 2.41. The van der Waals surface area contributed by atoms with Gasteiger partial charge in [-0.25, -0.2) is 18.7 Å². The van der Waals surface area contributed by atoms with Crippen LogP contribution in [-0.4, -0.2) is 257 Å². The number of benzene rings is 5. The number of likely N-dealkylation sites (tertiary alicyclic amines) is 3. The number of amides is 3. The summed E-state index contributed by atoms with van der Waals surface area (Å²) in [4.78, 5) is 96.8. The Bertz CT molecular complexity index is 5870. The first-order valence-corrected chi connectivity index (χ1v) is 46.6. The van der Waals surface area contributed by atoms with Crippen LogP contribution in [0.25, 0.3) is 33.3 Å². The van der Waals surface area contributed by atoms with Crippen molar-refractivity contribution < 1.29 is 37.4 Å². The summed E-state index contributed by atoms with van der Waals surface area (Å²) in [6.07, 6.45) is 14.3. The second-order valence-electron chi connectivity index (χ2n) is 36.9. The molecule has 17 rings (SSSR count). The van der Waals surface area contributed by atoms with Gasteiger partial charge in [0.05, 0.1) is 105 Å². The Hall–Kier alpha value is -12.5. The van der Waals surface area contributed by atoms with E-state index in [2.05, 4.69) is 147 Å². The topological polar surface area (TPSA) is 266 Å². The summed E-state index contributed by atoms with van der Waals surface area (Å²) < 4.78 is 53.3. The Morgan fingerprint density at radius 1 is 0.511 bits per heavy atom. The van der Waals surface area contributed by atoms with Crippen LogP contribution < -0.4 is 34.0 Å². The summed E-state index contributed by atoms with van der Waals surface area (Å²) >= 11 is 0. The van der Waals surface area contributed by atoms with Gasteiger partial charge in [-0.15, -0.1) is 0 Å². The van der Waals surface area contributed by atoms with Crippen LogP contribution >= 0.6 is 0 Å². The molecule has 29 heteroatoms. The lowest BCUT2D eigenvalue weighted by Gasteiger charge is -2.41. The van der Waals surface area contributed by atoms with Crippen LogP contribution in [-0.2, 0) is 64.6 Å². The number of rotatable bonds is 26. The molecule has 8 atom stereocenters. The lowest BCUT2D eigenvalue weighted by molar-refractivity contribution is -0.129. The first-order chi connectivity index (χ1) is 63.7. The van der Waals surface area contributed by atoms with E-state index in [0.29, 0.717) is 171 Å². The zero-order valence-electron chi connectivity index (χ0n) is 76.2. The van der Waals surface area contributed by atoms with E-state index >= 15 is 8.78 Å². The standard InChI is InChI=1S/C102H119F2N21O6/c1-10-94(126)123-46-43-120(56-73(123)33-36-105)98-82-28-19-41-118(92-53-70(52-85-66(4)21-15-26-81(85)92)72-51-78(116(9)55-72)64-131-102-110-91-61-119(97-80-24-14-13-22-69(80)31-32-88(97)104)42-20-29-84(91)100(113-102)122-45-48-125(96(128)12-3)75(58-122)35-38-107)60-89(82)108-93(111-98)65-129-62-77-50-71(54-115(77)8)67(5)49-86-79(25-16-30-87(86)103)68(6)117-40-18-27-83-90(59-117)109-101(130-63-76-23-17-39-114(76)7)112-99(83)121-44-47-124(95(127)11-2)74(57-121)34-37-106/h10-16,21-22,24-26,30-32,49,52-53,71-78H,1-3,6,17-20,23,27-29,33-35,39-48,50-51,54-65H2,4-5,7-9H3/b67-49+/t71?,72?,73-,74-,75-,76-,77-,78-/m0/s1. The van der Waals surface area contributed by atoms with Gasteiger partial charge >= 0.3 is 12.0 Å². The summed E-state index contributed by atoms with van der Waals surface area (Å²) in [6, 6.07) is 34.3. The van der Waals surface area contributed by atoms with Crippen molar-refractivity contribution in [1.82, 2.24) is 64.2 Å². The Labute approximate surface area is 767 Å². The van der Waals surface area contributed by atoms with Gasteiger partial charge in [-0.3, -0.25) is 19.3 Å². The molecule has 9 aliphatic heterocycles. The smallest absolute Gasteiger partial charge is 0.318 e. The monoisotopic (exact) mass is 1770 g/mol. The molecule has 6 saturated heterocycles. The van der Waals surface area contributed by atoms with Gasteiger partial charge in [0.25, 0.3) is 0 Å². The molecule has 3 aromatic heterocycles. The van der Waals surface area contributed by atoms with E-state index in [9.17, 15) is 30.2 Å². The van der Waals surface area contributed by atoms with Crippen molar-refractivity contribution in [3.8, 4) is 30.2 Å². The number of nitrogens with zero attached hydrogens (tertiary/aromatic N) is 21. The third-order valence-corrected chi connectivity index (χ3v) is 28.9. The van der Waals surface area contributed by atoms with E-state index in [1.807, 2.05) is 42.5 Å². The van der Waals surface area contributed by atoms with Crippen LogP contribution in [0.1, 0.15) is 139 Å². The van der Waals surface area contributed by atoms with Crippen LogP contribution in [0.5, 0.6) is 12.0 Å². The third-order valence-electron chi connectivity index (χ3n) is 28.9. The van der Waals surface area contributed by atoms with Gasteiger partial charge in [0.15, 0.2) is 5.82 Å². The fraction of sp³-hybridized carbons (Fsp3) is 0.471. The molecule has 5 aromatic carbocycles. The normalized spacial score (nSPS) is 22.3. The minimum Gasteiger partial charge on any atom is -0.462 e. The largest absolute Gasteiger partial charge is 0.462 e. The van der Waals surface area contributed by atoms with E-state index in [4.69, 9.17) is 50.7 Å². The average molecular weight is 1770 g/mol. The van der Waals surface area contributed by atoms with Gasteiger partial charge < -0.3 is 68.1 Å². The van der Waals surface area contributed by atoms with Gasteiger partial charge in [0.1, 0.15) is 48.9 Å².